The molecular weight excluding hydrogens is 364 g/mol. The summed E-state index contributed by atoms with van der Waals surface area (Å²) in [5.74, 6) is 3.38. The van der Waals surface area contributed by atoms with Gasteiger partial charge in [0, 0.05) is 0 Å². The molecule has 0 aromatic heterocycles. The summed E-state index contributed by atoms with van der Waals surface area (Å²) in [6.45, 7) is 0. The van der Waals surface area contributed by atoms with Crippen molar-refractivity contribution in [1.82, 2.24) is 0 Å². The quantitative estimate of drug-likeness (QED) is 0.532. The van der Waals surface area contributed by atoms with Crippen LogP contribution in [0.25, 0.3) is 0 Å². The van der Waals surface area contributed by atoms with E-state index in [0.29, 0.717) is 35.5 Å². The number of aliphatic hydroxyl groups excluding tert-OH is 4. The minimum Gasteiger partial charge on any atom is -0.393 e. The fourth-order valence-corrected chi connectivity index (χ4v) is 7.68. The van der Waals surface area contributed by atoms with Crippen molar-refractivity contribution in [2.75, 3.05) is 0 Å². The van der Waals surface area contributed by atoms with E-state index in [0.717, 1.165) is 64.2 Å². The summed E-state index contributed by atoms with van der Waals surface area (Å²) < 4.78 is 0. The van der Waals surface area contributed by atoms with Crippen LogP contribution in [0.4, 0.5) is 0 Å². The van der Waals surface area contributed by atoms with Crippen LogP contribution >= 0.6 is 0 Å². The zero-order valence-corrected chi connectivity index (χ0v) is 18.2. The van der Waals surface area contributed by atoms with Gasteiger partial charge in [0.05, 0.1) is 24.4 Å². The maximum absolute atomic E-state index is 10.8. The molecule has 10 atom stereocenters. The van der Waals surface area contributed by atoms with Gasteiger partial charge in [-0.1, -0.05) is 6.42 Å². The lowest BCUT2D eigenvalue weighted by Crippen LogP contribution is -2.27. The summed E-state index contributed by atoms with van der Waals surface area (Å²) >= 11 is 0. The largest absolute Gasteiger partial charge is 0.393 e. The summed E-state index contributed by atoms with van der Waals surface area (Å²) in [6.07, 6.45) is 14.9. The molecule has 4 aliphatic carbocycles. The van der Waals surface area contributed by atoms with Crippen molar-refractivity contribution in [3.8, 4) is 0 Å². The Morgan fingerprint density at radius 3 is 0.966 bits per heavy atom. The average molecular weight is 409 g/mol. The Morgan fingerprint density at radius 2 is 0.621 bits per heavy atom. The summed E-state index contributed by atoms with van der Waals surface area (Å²) in [6, 6.07) is 0. The highest BCUT2D eigenvalue weighted by molar-refractivity contribution is 4.89. The van der Waals surface area contributed by atoms with Crippen LogP contribution in [0.1, 0.15) is 96.3 Å². The zero-order valence-electron chi connectivity index (χ0n) is 18.2. The van der Waals surface area contributed by atoms with E-state index in [-0.39, 0.29) is 24.4 Å². The van der Waals surface area contributed by atoms with Gasteiger partial charge < -0.3 is 20.4 Å². The summed E-state index contributed by atoms with van der Waals surface area (Å²) in [4.78, 5) is 0. The van der Waals surface area contributed by atoms with E-state index in [2.05, 4.69) is 0 Å². The van der Waals surface area contributed by atoms with Crippen LogP contribution < -0.4 is 0 Å². The second kappa shape index (κ2) is 9.97. The predicted molar refractivity (Wildman–Crippen MR) is 114 cm³/mol. The van der Waals surface area contributed by atoms with E-state index in [1.807, 2.05) is 0 Å². The second-order valence-corrected chi connectivity index (χ2v) is 11.3. The molecule has 0 heterocycles. The molecule has 29 heavy (non-hydrogen) atoms. The molecule has 4 heteroatoms. The Kier molecular flexibility index (Phi) is 7.58. The molecule has 0 aliphatic heterocycles. The van der Waals surface area contributed by atoms with Crippen LogP contribution in [-0.4, -0.2) is 44.8 Å². The highest BCUT2D eigenvalue weighted by Gasteiger charge is 2.38. The van der Waals surface area contributed by atoms with Gasteiger partial charge in [-0.3, -0.25) is 0 Å². The first-order valence-corrected chi connectivity index (χ1v) is 12.7. The highest BCUT2D eigenvalue weighted by atomic mass is 16.3. The number of aliphatic hydroxyl groups is 4. The molecule has 0 aromatic rings. The van der Waals surface area contributed by atoms with Crippen molar-refractivity contribution in [1.29, 1.82) is 0 Å². The van der Waals surface area contributed by atoms with Crippen molar-refractivity contribution >= 4 is 0 Å². The molecule has 0 saturated heterocycles. The van der Waals surface area contributed by atoms with Gasteiger partial charge in [0.1, 0.15) is 0 Å². The molecule has 0 aromatic carbocycles. The SMILES string of the molecule is OC1CCCC(C2CCC(C3CCC(C4CCC(O)C4)CC(O)C3)CC(O)C2)C1. The summed E-state index contributed by atoms with van der Waals surface area (Å²) in [7, 11) is 0. The third kappa shape index (κ3) is 5.75. The monoisotopic (exact) mass is 408 g/mol. The molecule has 4 fully saturated rings. The molecule has 4 aliphatic rings. The fourth-order valence-electron chi connectivity index (χ4n) is 7.68. The molecule has 168 valence electrons. The molecule has 0 radical (unpaired) electrons. The normalized spacial score (nSPS) is 50.1. The van der Waals surface area contributed by atoms with Gasteiger partial charge in [0.15, 0.2) is 0 Å². The maximum atomic E-state index is 10.8. The van der Waals surface area contributed by atoms with Crippen molar-refractivity contribution in [3.63, 3.8) is 0 Å². The standard InChI is InChI=1S/C25H44O4/c26-22-3-1-2-16(10-22)17-4-5-18(13-24(28)12-17)19-6-7-20(15-25(29)14-19)21-8-9-23(27)11-21/h16-29H,1-15H2. The number of hydrogen-bond acceptors (Lipinski definition) is 4. The van der Waals surface area contributed by atoms with Crippen molar-refractivity contribution in [2.45, 2.75) is 121 Å². The fraction of sp³-hybridized carbons (Fsp3) is 1.00. The van der Waals surface area contributed by atoms with E-state index in [1.54, 1.807) is 0 Å². The predicted octanol–water partition coefficient (Wildman–Crippen LogP) is 4.03. The Labute approximate surface area is 177 Å². The van der Waals surface area contributed by atoms with Gasteiger partial charge in [-0.05, 0) is 125 Å². The Hall–Kier alpha value is -0.160. The van der Waals surface area contributed by atoms with Crippen LogP contribution in [0, 0.1) is 35.5 Å². The molecule has 4 saturated carbocycles. The van der Waals surface area contributed by atoms with Crippen molar-refractivity contribution in [2.24, 2.45) is 35.5 Å². The van der Waals surface area contributed by atoms with E-state index in [9.17, 15) is 20.4 Å². The van der Waals surface area contributed by atoms with E-state index < -0.39 is 0 Å². The Bertz CT molecular complexity index is 511. The summed E-state index contributed by atoms with van der Waals surface area (Å²) in [5.41, 5.74) is 0. The highest BCUT2D eigenvalue weighted by Crippen LogP contribution is 2.45. The van der Waals surface area contributed by atoms with Gasteiger partial charge in [-0.2, -0.15) is 0 Å². The molecule has 4 rings (SSSR count). The van der Waals surface area contributed by atoms with Gasteiger partial charge in [0.2, 0.25) is 0 Å². The Morgan fingerprint density at radius 1 is 0.310 bits per heavy atom. The van der Waals surface area contributed by atoms with E-state index >= 15 is 0 Å². The minimum absolute atomic E-state index is 0.122. The van der Waals surface area contributed by atoms with Crippen molar-refractivity contribution < 1.29 is 20.4 Å². The average Bonchev–Trinajstić information content (AvgIpc) is 2.89. The minimum atomic E-state index is -0.215. The van der Waals surface area contributed by atoms with Crippen molar-refractivity contribution in [3.05, 3.63) is 0 Å². The molecule has 0 amide bonds. The van der Waals surface area contributed by atoms with Gasteiger partial charge >= 0.3 is 0 Å². The third-order valence-electron chi connectivity index (χ3n) is 9.25. The van der Waals surface area contributed by atoms with Crippen LogP contribution in [-0.2, 0) is 0 Å². The lowest BCUT2D eigenvalue weighted by molar-refractivity contribution is 0.0576. The molecule has 4 nitrogen and oxygen atoms in total. The van der Waals surface area contributed by atoms with Crippen LogP contribution in [0.5, 0.6) is 0 Å². The summed E-state index contributed by atoms with van der Waals surface area (Å²) in [5, 5.41) is 41.6. The van der Waals surface area contributed by atoms with Crippen LogP contribution in [0.2, 0.25) is 0 Å². The third-order valence-corrected chi connectivity index (χ3v) is 9.25. The number of hydrogen-bond donors (Lipinski definition) is 4. The number of rotatable bonds is 3. The molecule has 4 N–H and O–H groups in total. The van der Waals surface area contributed by atoms with E-state index in [4.69, 9.17) is 0 Å². The van der Waals surface area contributed by atoms with Gasteiger partial charge in [-0.15, -0.1) is 0 Å². The second-order valence-electron chi connectivity index (χ2n) is 11.3. The lowest BCUT2D eigenvalue weighted by atomic mass is 9.75. The topological polar surface area (TPSA) is 80.9 Å². The molecule has 0 bridgehead atoms. The van der Waals surface area contributed by atoms with E-state index in [1.165, 1.54) is 32.1 Å². The van der Waals surface area contributed by atoms with Gasteiger partial charge in [0.25, 0.3) is 0 Å². The Balaban J connectivity index is 1.34. The zero-order chi connectivity index (χ0) is 20.4. The molecule has 10 unspecified atom stereocenters. The smallest absolute Gasteiger partial charge is 0.0545 e. The van der Waals surface area contributed by atoms with Crippen LogP contribution in [0.3, 0.4) is 0 Å². The van der Waals surface area contributed by atoms with Gasteiger partial charge in [-0.25, -0.2) is 0 Å². The lowest BCUT2D eigenvalue weighted by Gasteiger charge is -2.33. The molecular formula is C25H44O4. The first-order chi connectivity index (χ1) is 14.0. The van der Waals surface area contributed by atoms with Crippen LogP contribution in [0.15, 0.2) is 0 Å². The first-order valence-electron chi connectivity index (χ1n) is 12.7. The maximum Gasteiger partial charge on any atom is 0.0545 e. The molecule has 0 spiro atoms. The first kappa shape index (κ1) is 22.0.